The number of nitro groups is 1. The van der Waals surface area contributed by atoms with Crippen molar-refractivity contribution in [1.82, 2.24) is 4.90 Å². The number of aliphatic hydroxyl groups is 1. The van der Waals surface area contributed by atoms with Gasteiger partial charge in [0.15, 0.2) is 0 Å². The zero-order chi connectivity index (χ0) is 14.6. The van der Waals surface area contributed by atoms with E-state index < -0.39 is 11.0 Å². The summed E-state index contributed by atoms with van der Waals surface area (Å²) in [6.45, 7) is 2.02. The maximum absolute atomic E-state index is 12.1. The number of rotatable bonds is 5. The van der Waals surface area contributed by atoms with Gasteiger partial charge in [-0.25, -0.2) is 0 Å². The molecule has 0 bridgehead atoms. The smallest absolute Gasteiger partial charge is 0.284 e. The monoisotopic (exact) mass is 330 g/mol. The average Bonchev–Trinajstić information content (AvgIpc) is 2.34. The fourth-order valence-corrected chi connectivity index (χ4v) is 2.09. The molecule has 7 heteroatoms. The summed E-state index contributed by atoms with van der Waals surface area (Å²) in [7, 11) is 1.59. The molecule has 0 heterocycles. The van der Waals surface area contributed by atoms with Crippen LogP contribution in [0.25, 0.3) is 0 Å². The van der Waals surface area contributed by atoms with E-state index >= 15 is 0 Å². The Morgan fingerprint density at radius 3 is 2.74 bits per heavy atom. The van der Waals surface area contributed by atoms with Crippen LogP contribution in [0, 0.1) is 10.1 Å². The Balaban J connectivity index is 2.94. The van der Waals surface area contributed by atoms with Crippen LogP contribution in [0.1, 0.15) is 23.7 Å². The van der Waals surface area contributed by atoms with Crippen LogP contribution >= 0.6 is 15.9 Å². The van der Waals surface area contributed by atoms with Crippen molar-refractivity contribution < 1.29 is 14.8 Å². The van der Waals surface area contributed by atoms with Gasteiger partial charge in [0.2, 0.25) is 0 Å². The minimum Gasteiger partial charge on any atom is -0.393 e. The quantitative estimate of drug-likeness (QED) is 0.662. The van der Waals surface area contributed by atoms with E-state index in [2.05, 4.69) is 15.9 Å². The number of hydrogen-bond acceptors (Lipinski definition) is 4. The Hall–Kier alpha value is -1.47. The molecule has 0 aromatic heterocycles. The van der Waals surface area contributed by atoms with Crippen LogP contribution in [0.4, 0.5) is 5.69 Å². The molecule has 0 radical (unpaired) electrons. The summed E-state index contributed by atoms with van der Waals surface area (Å²) in [4.78, 5) is 23.8. The SMILES string of the molecule is CC(O)CCN(C)C(=O)c1cccc([N+](=O)[O-])c1Br. The highest BCUT2D eigenvalue weighted by Gasteiger charge is 2.21. The Kier molecular flexibility index (Phi) is 5.44. The molecule has 0 aliphatic heterocycles. The van der Waals surface area contributed by atoms with Crippen molar-refractivity contribution in [2.75, 3.05) is 13.6 Å². The molecule has 104 valence electrons. The number of carbonyl (C=O) groups excluding carboxylic acids is 1. The molecule has 6 nitrogen and oxygen atoms in total. The van der Waals surface area contributed by atoms with Crippen LogP contribution in [0.2, 0.25) is 0 Å². The van der Waals surface area contributed by atoms with Gasteiger partial charge in [0.05, 0.1) is 16.6 Å². The molecule has 0 aliphatic carbocycles. The molecule has 1 aromatic carbocycles. The van der Waals surface area contributed by atoms with Crippen molar-refractivity contribution in [3.8, 4) is 0 Å². The van der Waals surface area contributed by atoms with E-state index in [9.17, 15) is 20.0 Å². The molecule has 19 heavy (non-hydrogen) atoms. The number of halogens is 1. The first-order chi connectivity index (χ1) is 8.84. The molecule has 1 unspecified atom stereocenters. The van der Waals surface area contributed by atoms with Gasteiger partial charge in [-0.2, -0.15) is 0 Å². The third-order valence-electron chi connectivity index (χ3n) is 2.63. The molecule has 0 fully saturated rings. The van der Waals surface area contributed by atoms with Crippen molar-refractivity contribution in [1.29, 1.82) is 0 Å². The first-order valence-electron chi connectivity index (χ1n) is 5.71. The summed E-state index contributed by atoms with van der Waals surface area (Å²) < 4.78 is 0.175. The molecule has 1 atom stereocenters. The third-order valence-corrected chi connectivity index (χ3v) is 3.47. The van der Waals surface area contributed by atoms with Crippen LogP contribution in [-0.4, -0.2) is 40.5 Å². The molecule has 1 N–H and O–H groups in total. The minimum atomic E-state index is -0.545. The van der Waals surface area contributed by atoms with E-state index in [-0.39, 0.29) is 21.6 Å². The van der Waals surface area contributed by atoms with Crippen LogP contribution in [0.5, 0.6) is 0 Å². The summed E-state index contributed by atoms with van der Waals surface area (Å²) in [6, 6.07) is 4.33. The Bertz CT molecular complexity index is 491. The van der Waals surface area contributed by atoms with Gasteiger partial charge in [-0.1, -0.05) is 6.07 Å². The van der Waals surface area contributed by atoms with E-state index in [0.717, 1.165) is 0 Å². The Morgan fingerprint density at radius 1 is 1.58 bits per heavy atom. The van der Waals surface area contributed by atoms with Crippen molar-refractivity contribution in [2.45, 2.75) is 19.4 Å². The van der Waals surface area contributed by atoms with Gasteiger partial charge >= 0.3 is 0 Å². The largest absolute Gasteiger partial charge is 0.393 e. The van der Waals surface area contributed by atoms with Crippen LogP contribution in [0.3, 0.4) is 0 Å². The number of nitrogens with zero attached hydrogens (tertiary/aromatic N) is 2. The molecule has 0 spiro atoms. The van der Waals surface area contributed by atoms with Gasteiger partial charge in [0.1, 0.15) is 4.47 Å². The van der Waals surface area contributed by atoms with Crippen molar-refractivity contribution >= 4 is 27.5 Å². The van der Waals surface area contributed by atoms with Gasteiger partial charge in [0, 0.05) is 19.7 Å². The molecule has 1 aromatic rings. The molecule has 1 amide bonds. The van der Waals surface area contributed by atoms with Crippen molar-refractivity contribution in [2.24, 2.45) is 0 Å². The zero-order valence-electron chi connectivity index (χ0n) is 10.7. The number of aliphatic hydroxyl groups excluding tert-OH is 1. The van der Waals surface area contributed by atoms with E-state index in [1.54, 1.807) is 14.0 Å². The van der Waals surface area contributed by atoms with E-state index in [1.807, 2.05) is 0 Å². The van der Waals surface area contributed by atoms with Crippen molar-refractivity contribution in [3.05, 3.63) is 38.3 Å². The lowest BCUT2D eigenvalue weighted by Crippen LogP contribution is -2.29. The summed E-state index contributed by atoms with van der Waals surface area (Å²) >= 11 is 3.09. The Labute approximate surface area is 119 Å². The first kappa shape index (κ1) is 15.6. The number of carbonyl (C=O) groups is 1. The number of hydrogen-bond donors (Lipinski definition) is 1. The number of amides is 1. The number of benzene rings is 1. The van der Waals surface area contributed by atoms with Gasteiger partial charge in [0.25, 0.3) is 11.6 Å². The van der Waals surface area contributed by atoms with Crippen molar-refractivity contribution in [3.63, 3.8) is 0 Å². The van der Waals surface area contributed by atoms with Gasteiger partial charge in [-0.3, -0.25) is 14.9 Å². The lowest BCUT2D eigenvalue weighted by Gasteiger charge is -2.18. The standard InChI is InChI=1S/C12H15BrN2O4/c1-8(16)6-7-14(2)12(17)9-4-3-5-10(11(9)13)15(18)19/h3-5,8,16H,6-7H2,1-2H3. The summed E-state index contributed by atoms with van der Waals surface area (Å²) in [5, 5.41) is 20.0. The van der Waals surface area contributed by atoms with E-state index in [4.69, 9.17) is 0 Å². The maximum atomic E-state index is 12.1. The predicted octanol–water partition coefficient (Wildman–Crippen LogP) is 2.20. The fourth-order valence-electron chi connectivity index (χ4n) is 1.51. The highest BCUT2D eigenvalue weighted by Crippen LogP contribution is 2.28. The summed E-state index contributed by atoms with van der Waals surface area (Å²) in [6.07, 6.45) is -0.0433. The highest BCUT2D eigenvalue weighted by atomic mass is 79.9. The van der Waals surface area contributed by atoms with E-state index in [1.165, 1.54) is 23.1 Å². The average molecular weight is 331 g/mol. The molecular weight excluding hydrogens is 316 g/mol. The predicted molar refractivity (Wildman–Crippen MR) is 74.1 cm³/mol. The zero-order valence-corrected chi connectivity index (χ0v) is 12.3. The normalized spacial score (nSPS) is 12.0. The highest BCUT2D eigenvalue weighted by molar-refractivity contribution is 9.10. The molecular formula is C12H15BrN2O4. The second kappa shape index (κ2) is 6.63. The van der Waals surface area contributed by atoms with Crippen LogP contribution in [0.15, 0.2) is 22.7 Å². The summed E-state index contributed by atoms with van der Waals surface area (Å²) in [5.74, 6) is -0.323. The van der Waals surface area contributed by atoms with Gasteiger partial charge in [-0.15, -0.1) is 0 Å². The molecule has 1 rings (SSSR count). The number of nitro benzene ring substituents is 1. The van der Waals surface area contributed by atoms with Gasteiger partial charge in [-0.05, 0) is 35.3 Å². The summed E-state index contributed by atoms with van der Waals surface area (Å²) in [5.41, 5.74) is 0.0945. The minimum absolute atomic E-state index is 0.144. The third kappa shape index (κ3) is 4.00. The second-order valence-corrected chi connectivity index (χ2v) is 5.05. The van der Waals surface area contributed by atoms with Crippen LogP contribution < -0.4 is 0 Å². The van der Waals surface area contributed by atoms with Gasteiger partial charge < -0.3 is 10.0 Å². The Morgan fingerprint density at radius 2 is 2.21 bits per heavy atom. The maximum Gasteiger partial charge on any atom is 0.284 e. The second-order valence-electron chi connectivity index (χ2n) is 4.26. The lowest BCUT2D eigenvalue weighted by atomic mass is 10.1. The van der Waals surface area contributed by atoms with E-state index in [0.29, 0.717) is 13.0 Å². The topological polar surface area (TPSA) is 83.7 Å². The van der Waals surface area contributed by atoms with Crippen LogP contribution in [-0.2, 0) is 0 Å². The molecule has 0 aliphatic rings. The molecule has 0 saturated carbocycles. The lowest BCUT2D eigenvalue weighted by molar-refractivity contribution is -0.385. The molecule has 0 saturated heterocycles. The fraction of sp³-hybridized carbons (Fsp3) is 0.417. The first-order valence-corrected chi connectivity index (χ1v) is 6.50.